The van der Waals surface area contributed by atoms with Crippen LogP contribution in [-0.2, 0) is 39.5 Å². The Kier molecular flexibility index (Phi) is 41.8. The first-order valence-electron chi connectivity index (χ1n) is 4.57. The molecule has 0 heterocycles. The van der Waals surface area contributed by atoms with Gasteiger partial charge < -0.3 is 70.2 Å². The summed E-state index contributed by atoms with van der Waals surface area (Å²) in [6.45, 7) is -0.688. The Morgan fingerprint density at radius 3 is 1.12 bits per heavy atom. The normalized spacial score (nSPS) is 11.2. The molecule has 3 atom stereocenters. The van der Waals surface area contributed by atoms with Crippen LogP contribution in [0.1, 0.15) is 0 Å². The van der Waals surface area contributed by atoms with Crippen LogP contribution in [0.25, 0.3) is 0 Å². The SMILES string of the molecule is O=C([O-])[O-].O=C([O-])[O-].O=C([O-])[O-].O=C[C@@H](O)[C@H](O)[C@H](O)CO.[Cr+3].[Cr+3]. The molecule has 0 rings (SSSR count). The first kappa shape index (κ1) is 38.1. The zero-order valence-corrected chi connectivity index (χ0v) is 13.8. The van der Waals surface area contributed by atoms with Gasteiger partial charge in [0.05, 0.1) is 6.61 Å². The number of aldehydes is 1. The second kappa shape index (κ2) is 26.3. The fourth-order valence-electron chi connectivity index (χ4n) is 0.416. The van der Waals surface area contributed by atoms with Gasteiger partial charge >= 0.3 is 34.7 Å². The van der Waals surface area contributed by atoms with Crippen LogP contribution in [0, 0.1) is 0 Å². The van der Waals surface area contributed by atoms with E-state index in [9.17, 15) is 4.79 Å². The van der Waals surface area contributed by atoms with Gasteiger partial charge in [0.25, 0.3) is 0 Å². The number of hydrogen-bond donors (Lipinski definition) is 4. The Labute approximate surface area is 155 Å². The van der Waals surface area contributed by atoms with E-state index in [1.165, 1.54) is 0 Å². The number of carbonyl (C=O) groups is 4. The molecule has 4 N–H and O–H groups in total. The standard InChI is InChI=1S/C5H10O5.3CH2O3.2Cr/c6-1-3(8)5(10)4(9)2-7;3*2-1(3)4;;/h1,3-5,7-10H,2H2;3*(H2,2,3,4);;/q;;;;2*+3/p-6/t3-,4-,5+;;;;;/m1...../s1. The van der Waals surface area contributed by atoms with Crippen molar-refractivity contribution in [1.82, 2.24) is 0 Å². The topological polar surface area (TPSA) is 288 Å². The van der Waals surface area contributed by atoms with Gasteiger partial charge in [-0.25, -0.2) is 0 Å². The molecule has 0 amide bonds. The Morgan fingerprint density at radius 2 is 1.00 bits per heavy atom. The summed E-state index contributed by atoms with van der Waals surface area (Å²) in [6.07, 6.45) is -11.6. The van der Waals surface area contributed by atoms with Crippen molar-refractivity contribution in [3.8, 4) is 0 Å². The van der Waals surface area contributed by atoms with Crippen molar-refractivity contribution < 1.29 is 105 Å². The third-order valence-electron chi connectivity index (χ3n) is 1.07. The van der Waals surface area contributed by atoms with Gasteiger partial charge in [-0.15, -0.1) is 0 Å². The van der Waals surface area contributed by atoms with Gasteiger partial charge in [0.2, 0.25) is 0 Å². The number of hydrogen-bond acceptors (Lipinski definition) is 14. The van der Waals surface area contributed by atoms with Crippen LogP contribution in [0.4, 0.5) is 14.4 Å². The maximum atomic E-state index is 9.76. The maximum Gasteiger partial charge on any atom is 3.00 e. The van der Waals surface area contributed by atoms with E-state index in [0.29, 0.717) is 0 Å². The van der Waals surface area contributed by atoms with Crippen LogP contribution in [-0.4, -0.2) is 70.1 Å². The molecule has 138 valence electrons. The quantitative estimate of drug-likeness (QED) is 0.299. The van der Waals surface area contributed by atoms with Gasteiger partial charge in [-0.05, 0) is 18.5 Å². The number of carboxylic acid groups (broad SMARTS) is 6. The van der Waals surface area contributed by atoms with Crippen molar-refractivity contribution in [3.05, 3.63) is 0 Å². The average molecular weight is 434 g/mol. The second-order valence-electron chi connectivity index (χ2n) is 2.62. The van der Waals surface area contributed by atoms with Gasteiger partial charge in [-0.1, -0.05) is 0 Å². The Morgan fingerprint density at radius 1 is 0.792 bits per heavy atom. The number of carbonyl (C=O) groups excluding carboxylic acids is 4. The second-order valence-corrected chi connectivity index (χ2v) is 2.62. The molecule has 0 aromatic heterocycles. The van der Waals surface area contributed by atoms with E-state index in [1.807, 2.05) is 0 Å². The fourth-order valence-corrected chi connectivity index (χ4v) is 0.416. The zero-order valence-electron chi connectivity index (χ0n) is 11.2. The zero-order chi connectivity index (χ0) is 18.9. The average Bonchev–Trinajstić information content (AvgIpc) is 2.33. The van der Waals surface area contributed by atoms with E-state index in [-0.39, 0.29) is 41.0 Å². The minimum atomic E-state index is -2.33. The Balaban J connectivity index is -0.0000000492. The molecule has 0 bridgehead atoms. The Hall–Kier alpha value is -1.62. The molecule has 0 saturated carbocycles. The van der Waals surface area contributed by atoms with Crippen LogP contribution in [0.3, 0.4) is 0 Å². The van der Waals surface area contributed by atoms with Crippen LogP contribution in [0.5, 0.6) is 0 Å². The molecule has 0 fully saturated rings. The van der Waals surface area contributed by atoms with Gasteiger partial charge in [-0.2, -0.15) is 0 Å². The number of rotatable bonds is 4. The molecular formula is C8H10Cr2O14. The molecular weight excluding hydrogens is 424 g/mol. The Bertz CT molecular complexity index is 283. The monoisotopic (exact) mass is 434 g/mol. The van der Waals surface area contributed by atoms with Gasteiger partial charge in [0.15, 0.2) is 6.29 Å². The van der Waals surface area contributed by atoms with Crippen LogP contribution >= 0.6 is 0 Å². The predicted molar refractivity (Wildman–Crippen MR) is 47.4 cm³/mol. The first-order chi connectivity index (χ1) is 9.83. The summed E-state index contributed by atoms with van der Waals surface area (Å²) in [5, 5.41) is 84.1. The molecule has 0 spiro atoms. The molecule has 16 heteroatoms. The van der Waals surface area contributed by atoms with Gasteiger partial charge in [0.1, 0.15) is 18.3 Å². The third-order valence-corrected chi connectivity index (χ3v) is 1.07. The molecule has 0 unspecified atom stereocenters. The summed E-state index contributed by atoms with van der Waals surface area (Å²) in [4.78, 5) is 34.8. The van der Waals surface area contributed by atoms with E-state index in [0.717, 1.165) is 0 Å². The number of aliphatic hydroxyl groups is 4. The smallest absolute Gasteiger partial charge is 0.652 e. The molecule has 14 nitrogen and oxygen atoms in total. The van der Waals surface area contributed by atoms with E-state index in [4.69, 9.17) is 65.4 Å². The fraction of sp³-hybridized carbons (Fsp3) is 0.500. The van der Waals surface area contributed by atoms with E-state index >= 15 is 0 Å². The summed E-state index contributed by atoms with van der Waals surface area (Å²) in [6, 6.07) is 0. The van der Waals surface area contributed by atoms with Crippen LogP contribution in [0.2, 0.25) is 0 Å². The van der Waals surface area contributed by atoms with E-state index < -0.39 is 43.4 Å². The summed E-state index contributed by atoms with van der Waals surface area (Å²) in [5.74, 6) is 0. The van der Waals surface area contributed by atoms with Crippen molar-refractivity contribution in [2.45, 2.75) is 18.3 Å². The van der Waals surface area contributed by atoms with Crippen molar-refractivity contribution >= 4 is 24.8 Å². The molecule has 0 saturated heterocycles. The molecule has 0 aromatic rings. The van der Waals surface area contributed by atoms with Gasteiger partial charge in [-0.3, -0.25) is 0 Å². The maximum absolute atomic E-state index is 9.76. The summed E-state index contributed by atoms with van der Waals surface area (Å²) >= 11 is 0. The summed E-state index contributed by atoms with van der Waals surface area (Å²) in [7, 11) is 0. The minimum absolute atomic E-state index is 0. The number of aliphatic hydroxyl groups excluding tert-OH is 4. The predicted octanol–water partition coefficient (Wildman–Crippen LogP) is -10.1. The molecule has 2 radical (unpaired) electrons. The van der Waals surface area contributed by atoms with E-state index in [2.05, 4.69) is 0 Å². The van der Waals surface area contributed by atoms with Crippen molar-refractivity contribution in [3.63, 3.8) is 0 Å². The minimum Gasteiger partial charge on any atom is -0.652 e. The third kappa shape index (κ3) is 71.0. The van der Waals surface area contributed by atoms with Crippen molar-refractivity contribution in [2.24, 2.45) is 0 Å². The van der Waals surface area contributed by atoms with Crippen molar-refractivity contribution in [2.75, 3.05) is 6.61 Å². The van der Waals surface area contributed by atoms with Crippen LogP contribution < -0.4 is 30.6 Å². The molecule has 0 aliphatic heterocycles. The van der Waals surface area contributed by atoms with Crippen LogP contribution in [0.15, 0.2) is 0 Å². The van der Waals surface area contributed by atoms with Crippen molar-refractivity contribution in [1.29, 1.82) is 0 Å². The molecule has 24 heavy (non-hydrogen) atoms. The first-order valence-corrected chi connectivity index (χ1v) is 4.57. The van der Waals surface area contributed by atoms with E-state index in [1.54, 1.807) is 0 Å². The molecule has 0 aliphatic rings. The summed E-state index contributed by atoms with van der Waals surface area (Å²) in [5.41, 5.74) is 0. The molecule has 0 aromatic carbocycles. The summed E-state index contributed by atoms with van der Waals surface area (Å²) < 4.78 is 0. The largest absolute Gasteiger partial charge is 3.00 e. The van der Waals surface area contributed by atoms with Gasteiger partial charge in [0, 0.05) is 0 Å². The molecule has 0 aliphatic carbocycles.